The van der Waals surface area contributed by atoms with Crippen molar-refractivity contribution in [1.29, 1.82) is 0 Å². The molecule has 0 amide bonds. The number of benzene rings is 3. The molecule has 148 valence electrons. The van der Waals surface area contributed by atoms with Gasteiger partial charge in [0.05, 0.1) is 22.2 Å². The van der Waals surface area contributed by atoms with Crippen molar-refractivity contribution in [3.8, 4) is 5.69 Å². The van der Waals surface area contributed by atoms with Gasteiger partial charge in [0.15, 0.2) is 0 Å². The first kappa shape index (κ1) is 19.7. The number of hydrogen-bond acceptors (Lipinski definition) is 3. The van der Waals surface area contributed by atoms with Gasteiger partial charge < -0.3 is 19.4 Å². The van der Waals surface area contributed by atoms with Crippen LogP contribution in [0.4, 0.5) is 0 Å². The Hall–Kier alpha value is -2.60. The maximum atomic E-state index is 10.5. The molecule has 5 heteroatoms. The maximum absolute atomic E-state index is 10.5. The van der Waals surface area contributed by atoms with Crippen LogP contribution in [0.25, 0.3) is 27.5 Å². The summed E-state index contributed by atoms with van der Waals surface area (Å²) in [5.41, 5.74) is 1.95. The molecule has 3 aromatic carbocycles. The van der Waals surface area contributed by atoms with Gasteiger partial charge in [-0.05, 0) is 57.4 Å². The molecule has 0 aliphatic carbocycles. The molecule has 0 atom stereocenters. The van der Waals surface area contributed by atoms with E-state index in [1.165, 1.54) is 10.8 Å². The zero-order valence-corrected chi connectivity index (χ0v) is 17.3. The van der Waals surface area contributed by atoms with Gasteiger partial charge >= 0.3 is 7.12 Å². The van der Waals surface area contributed by atoms with Crippen LogP contribution in [0, 0.1) is 0 Å². The van der Waals surface area contributed by atoms with E-state index in [4.69, 9.17) is 4.65 Å². The lowest BCUT2D eigenvalue weighted by atomic mass is 9.76. The minimum atomic E-state index is -1.12. The van der Waals surface area contributed by atoms with Crippen LogP contribution in [0.3, 0.4) is 0 Å². The minimum absolute atomic E-state index is 0.645. The number of hydrogen-bond donors (Lipinski definition) is 2. The lowest BCUT2D eigenvalue weighted by Crippen LogP contribution is -2.53. The fourth-order valence-corrected chi connectivity index (χ4v) is 3.48. The second-order valence-electron chi connectivity index (χ2n) is 8.50. The third-order valence-electron chi connectivity index (χ3n) is 5.90. The lowest BCUT2D eigenvalue weighted by Gasteiger charge is -2.38. The van der Waals surface area contributed by atoms with Gasteiger partial charge in [-0.1, -0.05) is 48.5 Å². The Morgan fingerprint density at radius 2 is 1.24 bits per heavy atom. The summed E-state index contributed by atoms with van der Waals surface area (Å²) in [6.45, 7) is 6.88. The van der Waals surface area contributed by atoms with Crippen molar-refractivity contribution in [1.82, 2.24) is 4.57 Å². The highest BCUT2D eigenvalue weighted by Gasteiger charge is 2.39. The van der Waals surface area contributed by atoms with Gasteiger partial charge in [-0.2, -0.15) is 0 Å². The van der Waals surface area contributed by atoms with E-state index in [0.29, 0.717) is 5.46 Å². The Bertz CT molecular complexity index is 1100. The first-order valence-electron chi connectivity index (χ1n) is 9.86. The molecule has 1 aromatic heterocycles. The van der Waals surface area contributed by atoms with E-state index in [9.17, 15) is 10.1 Å². The fraction of sp³-hybridized carbons (Fsp3) is 0.250. The summed E-state index contributed by atoms with van der Waals surface area (Å²) in [6.07, 6.45) is 0. The standard InChI is InChI=1S/C24H26BNO3/c1-23(2,27)24(3,4)29-25(28)17-13-15-18(16-14-17)26-21-11-7-5-9-19(21)20-10-6-8-12-22(20)26/h5-16,27-28H,1-4H3. The number of para-hydroxylation sites is 2. The Labute approximate surface area is 171 Å². The second kappa shape index (κ2) is 7.03. The third kappa shape index (κ3) is 3.46. The first-order valence-corrected chi connectivity index (χ1v) is 9.86. The number of aromatic nitrogens is 1. The molecular formula is C24H26BNO3. The number of rotatable bonds is 5. The van der Waals surface area contributed by atoms with Crippen LogP contribution in [0.5, 0.6) is 0 Å². The van der Waals surface area contributed by atoms with Crippen LogP contribution >= 0.6 is 0 Å². The predicted molar refractivity (Wildman–Crippen MR) is 120 cm³/mol. The van der Waals surface area contributed by atoms with E-state index in [2.05, 4.69) is 41.0 Å². The molecule has 0 unspecified atom stereocenters. The van der Waals surface area contributed by atoms with Gasteiger partial charge in [0.1, 0.15) is 0 Å². The van der Waals surface area contributed by atoms with Crippen LogP contribution in [-0.4, -0.2) is 33.0 Å². The number of nitrogens with zero attached hydrogens (tertiary/aromatic N) is 1. The summed E-state index contributed by atoms with van der Waals surface area (Å²) in [6, 6.07) is 24.4. The first-order chi connectivity index (χ1) is 13.7. The Kier molecular flexibility index (Phi) is 4.78. The molecule has 0 aliphatic rings. The number of fused-ring (bicyclic) bond motifs is 3. The van der Waals surface area contributed by atoms with Crippen LogP contribution < -0.4 is 5.46 Å². The van der Waals surface area contributed by atoms with E-state index in [-0.39, 0.29) is 0 Å². The SMILES string of the molecule is CC(C)(O)C(C)(C)OB(O)c1ccc(-n2c3ccccc3c3ccccc32)cc1. The molecule has 1 heterocycles. The van der Waals surface area contributed by atoms with Gasteiger partial charge in [0, 0.05) is 16.5 Å². The molecule has 0 saturated carbocycles. The lowest BCUT2D eigenvalue weighted by molar-refractivity contribution is -0.0982. The zero-order chi connectivity index (χ0) is 20.8. The maximum Gasteiger partial charge on any atom is 0.491 e. The quantitative estimate of drug-likeness (QED) is 0.509. The van der Waals surface area contributed by atoms with Crippen LogP contribution in [0.2, 0.25) is 0 Å². The molecule has 4 aromatic rings. The van der Waals surface area contributed by atoms with Gasteiger partial charge in [-0.3, -0.25) is 0 Å². The highest BCUT2D eigenvalue weighted by atomic mass is 16.5. The van der Waals surface area contributed by atoms with Gasteiger partial charge in [0.2, 0.25) is 0 Å². The average molecular weight is 387 g/mol. The smallest absolute Gasteiger partial charge is 0.423 e. The summed E-state index contributed by atoms with van der Waals surface area (Å²) < 4.78 is 7.98. The van der Waals surface area contributed by atoms with Crippen molar-refractivity contribution >= 4 is 34.4 Å². The second-order valence-corrected chi connectivity index (χ2v) is 8.50. The van der Waals surface area contributed by atoms with E-state index >= 15 is 0 Å². The average Bonchev–Trinajstić information content (AvgIpc) is 3.01. The van der Waals surface area contributed by atoms with E-state index in [0.717, 1.165) is 16.7 Å². The van der Waals surface area contributed by atoms with E-state index in [1.54, 1.807) is 27.7 Å². The molecule has 0 bridgehead atoms. The monoisotopic (exact) mass is 387 g/mol. The zero-order valence-electron chi connectivity index (χ0n) is 17.3. The van der Waals surface area contributed by atoms with Gasteiger partial charge in [0.25, 0.3) is 0 Å². The molecule has 0 aliphatic heterocycles. The fourth-order valence-electron chi connectivity index (χ4n) is 3.48. The normalized spacial score (nSPS) is 12.6. The van der Waals surface area contributed by atoms with Gasteiger partial charge in [-0.15, -0.1) is 0 Å². The largest absolute Gasteiger partial charge is 0.491 e. The summed E-state index contributed by atoms with van der Waals surface area (Å²) in [5, 5.41) is 23.2. The van der Waals surface area contributed by atoms with Crippen molar-refractivity contribution < 1.29 is 14.8 Å². The van der Waals surface area contributed by atoms with E-state index < -0.39 is 18.3 Å². The molecule has 4 rings (SSSR count). The van der Waals surface area contributed by atoms with Crippen molar-refractivity contribution in [2.24, 2.45) is 0 Å². The summed E-state index contributed by atoms with van der Waals surface area (Å²) in [5.74, 6) is 0. The molecule has 0 fully saturated rings. The topological polar surface area (TPSA) is 54.6 Å². The Morgan fingerprint density at radius 3 is 1.72 bits per heavy atom. The summed E-state index contributed by atoms with van der Waals surface area (Å²) >= 11 is 0. The molecule has 0 saturated heterocycles. The molecule has 2 N–H and O–H groups in total. The van der Waals surface area contributed by atoms with E-state index in [1.807, 2.05) is 36.4 Å². The van der Waals surface area contributed by atoms with Crippen LogP contribution in [-0.2, 0) is 4.65 Å². The molecular weight excluding hydrogens is 361 g/mol. The Morgan fingerprint density at radius 1 is 0.759 bits per heavy atom. The minimum Gasteiger partial charge on any atom is -0.423 e. The van der Waals surface area contributed by atoms with Gasteiger partial charge in [-0.25, -0.2) is 0 Å². The van der Waals surface area contributed by atoms with Crippen molar-refractivity contribution in [2.75, 3.05) is 0 Å². The van der Waals surface area contributed by atoms with Crippen molar-refractivity contribution in [3.05, 3.63) is 72.8 Å². The molecule has 0 spiro atoms. The van der Waals surface area contributed by atoms with Crippen LogP contribution in [0.1, 0.15) is 27.7 Å². The Balaban J connectivity index is 1.72. The van der Waals surface area contributed by atoms with Crippen LogP contribution in [0.15, 0.2) is 72.8 Å². The highest BCUT2D eigenvalue weighted by Crippen LogP contribution is 2.31. The van der Waals surface area contributed by atoms with Crippen molar-refractivity contribution in [3.63, 3.8) is 0 Å². The van der Waals surface area contributed by atoms with Crippen molar-refractivity contribution in [2.45, 2.75) is 38.9 Å². The molecule has 0 radical (unpaired) electrons. The third-order valence-corrected chi connectivity index (χ3v) is 5.90. The summed E-state index contributed by atoms with van der Waals surface area (Å²) in [7, 11) is -1.12. The summed E-state index contributed by atoms with van der Waals surface area (Å²) in [4.78, 5) is 0. The number of aliphatic hydroxyl groups is 1. The highest BCUT2D eigenvalue weighted by molar-refractivity contribution is 6.60. The molecule has 4 nitrogen and oxygen atoms in total. The molecule has 29 heavy (non-hydrogen) atoms. The predicted octanol–water partition coefficient (Wildman–Crippen LogP) is 4.04.